The number of hydrogen-bond acceptors (Lipinski definition) is 6. The average Bonchev–Trinajstić information content (AvgIpc) is 3.37. The molecule has 2 N–H and O–H groups in total. The van der Waals surface area contributed by atoms with E-state index < -0.39 is 47.0 Å². The SMILES string of the molecule is NC(=O)C1N(C(=O)c2ccc(N3CC(F)(F)C3)c(OCC3CC3)n2)CCS1=O. The topological polar surface area (TPSA) is 106 Å². The van der Waals surface area contributed by atoms with Crippen molar-refractivity contribution in [2.75, 3.05) is 36.9 Å². The molecule has 2 atom stereocenters. The molecule has 1 aromatic heterocycles. The normalized spacial score (nSPS) is 26.1. The molecule has 1 aromatic rings. The Bertz CT molecular complexity index is 840. The highest BCUT2D eigenvalue weighted by Gasteiger charge is 2.45. The van der Waals surface area contributed by atoms with Crippen LogP contribution >= 0.6 is 0 Å². The number of primary amides is 1. The van der Waals surface area contributed by atoms with Crippen LogP contribution in [0.15, 0.2) is 12.1 Å². The summed E-state index contributed by atoms with van der Waals surface area (Å²) in [6, 6.07) is 2.92. The van der Waals surface area contributed by atoms with Gasteiger partial charge in [-0.2, -0.15) is 0 Å². The lowest BCUT2D eigenvalue weighted by molar-refractivity contribution is -0.119. The van der Waals surface area contributed by atoms with Gasteiger partial charge in [0.25, 0.3) is 17.7 Å². The van der Waals surface area contributed by atoms with Crippen LogP contribution in [0.5, 0.6) is 5.88 Å². The number of amides is 2. The van der Waals surface area contributed by atoms with Gasteiger partial charge in [-0.3, -0.25) is 13.8 Å². The number of aromatic nitrogens is 1. The number of alkyl halides is 2. The van der Waals surface area contributed by atoms with Crippen LogP contribution in [0.2, 0.25) is 0 Å². The molecule has 3 fully saturated rings. The van der Waals surface area contributed by atoms with Crippen molar-refractivity contribution in [1.29, 1.82) is 0 Å². The summed E-state index contributed by atoms with van der Waals surface area (Å²) in [5.74, 6) is -3.50. The Morgan fingerprint density at radius 3 is 2.64 bits per heavy atom. The highest BCUT2D eigenvalue weighted by molar-refractivity contribution is 7.86. The van der Waals surface area contributed by atoms with Crippen molar-refractivity contribution in [3.63, 3.8) is 0 Å². The number of anilines is 1. The van der Waals surface area contributed by atoms with Crippen LogP contribution in [-0.4, -0.2) is 69.2 Å². The Morgan fingerprint density at radius 2 is 2.04 bits per heavy atom. The molecule has 0 radical (unpaired) electrons. The Kier molecular flexibility index (Phi) is 4.72. The first-order valence-corrected chi connectivity index (χ1v) is 10.4. The summed E-state index contributed by atoms with van der Waals surface area (Å²) in [6.45, 7) is -0.341. The number of carbonyl (C=O) groups is 2. The van der Waals surface area contributed by atoms with Gasteiger partial charge in [-0.25, -0.2) is 13.8 Å². The van der Waals surface area contributed by atoms with E-state index in [0.717, 1.165) is 17.7 Å². The molecule has 2 aliphatic heterocycles. The van der Waals surface area contributed by atoms with Crippen molar-refractivity contribution in [3.8, 4) is 5.88 Å². The number of pyridine rings is 1. The van der Waals surface area contributed by atoms with Gasteiger partial charge in [0, 0.05) is 12.3 Å². The summed E-state index contributed by atoms with van der Waals surface area (Å²) in [5, 5.41) is -1.20. The van der Waals surface area contributed by atoms with Gasteiger partial charge in [0.1, 0.15) is 11.4 Å². The maximum Gasteiger partial charge on any atom is 0.282 e. The van der Waals surface area contributed by atoms with Gasteiger partial charge in [-0.1, -0.05) is 0 Å². The maximum atomic E-state index is 13.3. The van der Waals surface area contributed by atoms with Crippen LogP contribution in [0.3, 0.4) is 0 Å². The van der Waals surface area contributed by atoms with Crippen LogP contribution in [-0.2, 0) is 15.6 Å². The molecule has 28 heavy (non-hydrogen) atoms. The number of hydrogen-bond donors (Lipinski definition) is 1. The molecule has 2 amide bonds. The molecule has 0 spiro atoms. The van der Waals surface area contributed by atoms with Crippen molar-refractivity contribution in [3.05, 3.63) is 17.8 Å². The fourth-order valence-electron chi connectivity index (χ4n) is 3.26. The third-order valence-electron chi connectivity index (χ3n) is 4.97. The first-order valence-electron chi connectivity index (χ1n) is 8.99. The number of ether oxygens (including phenoxy) is 1. The quantitative estimate of drug-likeness (QED) is 0.720. The van der Waals surface area contributed by atoms with Crippen molar-refractivity contribution in [2.45, 2.75) is 24.1 Å². The molecule has 11 heteroatoms. The average molecular weight is 414 g/mol. The zero-order chi connectivity index (χ0) is 20.1. The first kappa shape index (κ1) is 19.0. The minimum atomic E-state index is -2.75. The summed E-state index contributed by atoms with van der Waals surface area (Å²) in [7, 11) is -1.55. The Balaban J connectivity index is 1.58. The van der Waals surface area contributed by atoms with E-state index in [1.807, 2.05) is 0 Å². The second kappa shape index (κ2) is 6.94. The van der Waals surface area contributed by atoms with Crippen LogP contribution in [0.25, 0.3) is 0 Å². The largest absolute Gasteiger partial charge is 0.476 e. The fourth-order valence-corrected chi connectivity index (χ4v) is 4.60. The molecule has 8 nitrogen and oxygen atoms in total. The number of rotatable bonds is 6. The number of carbonyl (C=O) groups excluding carboxylic acids is 2. The van der Waals surface area contributed by atoms with E-state index in [1.54, 1.807) is 0 Å². The van der Waals surface area contributed by atoms with Crippen LogP contribution in [0, 0.1) is 5.92 Å². The smallest absolute Gasteiger partial charge is 0.282 e. The Labute approximate surface area is 162 Å². The molecule has 4 rings (SSSR count). The second-order valence-corrected chi connectivity index (χ2v) is 8.94. The molecule has 152 valence electrons. The van der Waals surface area contributed by atoms with E-state index in [-0.39, 0.29) is 23.9 Å². The predicted octanol–water partition coefficient (Wildman–Crippen LogP) is 0.342. The number of nitrogens with zero attached hydrogens (tertiary/aromatic N) is 3. The molecule has 0 bridgehead atoms. The van der Waals surface area contributed by atoms with Gasteiger partial charge in [0.15, 0.2) is 5.37 Å². The van der Waals surface area contributed by atoms with Crippen molar-refractivity contribution in [2.24, 2.45) is 11.7 Å². The van der Waals surface area contributed by atoms with E-state index in [9.17, 15) is 22.6 Å². The standard InChI is InChI=1S/C17H20F2N4O4S/c18-17(19)8-22(9-17)12-4-3-11(21-14(12)27-7-10-1-2-10)15(25)23-5-6-28(26)16(23)13(20)24/h3-4,10,16H,1-2,5-9H2,(H2,20,24). The Morgan fingerprint density at radius 1 is 1.32 bits per heavy atom. The third-order valence-corrected chi connectivity index (χ3v) is 6.54. The molecule has 1 aliphatic carbocycles. The molecule has 1 saturated carbocycles. The monoisotopic (exact) mass is 414 g/mol. The lowest BCUT2D eigenvalue weighted by atomic mass is 10.1. The molecule has 3 aliphatic rings. The Hall–Kier alpha value is -2.30. The molecular weight excluding hydrogens is 394 g/mol. The summed E-state index contributed by atoms with van der Waals surface area (Å²) >= 11 is 0. The third kappa shape index (κ3) is 3.67. The summed E-state index contributed by atoms with van der Waals surface area (Å²) in [6.07, 6.45) is 2.07. The van der Waals surface area contributed by atoms with Crippen molar-refractivity contribution in [1.82, 2.24) is 9.88 Å². The van der Waals surface area contributed by atoms with E-state index in [0.29, 0.717) is 18.2 Å². The molecule has 0 aromatic carbocycles. The van der Waals surface area contributed by atoms with Gasteiger partial charge in [-0.15, -0.1) is 0 Å². The highest BCUT2D eigenvalue weighted by atomic mass is 32.2. The van der Waals surface area contributed by atoms with E-state index in [1.165, 1.54) is 17.0 Å². The predicted molar refractivity (Wildman–Crippen MR) is 96.6 cm³/mol. The first-order chi connectivity index (χ1) is 13.2. The van der Waals surface area contributed by atoms with Gasteiger partial charge < -0.3 is 20.3 Å². The summed E-state index contributed by atoms with van der Waals surface area (Å²) in [4.78, 5) is 31.2. The van der Waals surface area contributed by atoms with Crippen molar-refractivity contribution >= 4 is 28.3 Å². The zero-order valence-corrected chi connectivity index (χ0v) is 15.8. The second-order valence-electron chi connectivity index (χ2n) is 7.33. The lowest BCUT2D eigenvalue weighted by Gasteiger charge is -2.40. The summed E-state index contributed by atoms with van der Waals surface area (Å²) < 4.78 is 44.2. The van der Waals surface area contributed by atoms with E-state index >= 15 is 0 Å². The van der Waals surface area contributed by atoms with Crippen LogP contribution in [0.1, 0.15) is 23.3 Å². The zero-order valence-electron chi connectivity index (χ0n) is 15.0. The molecule has 2 unspecified atom stereocenters. The van der Waals surface area contributed by atoms with Crippen LogP contribution < -0.4 is 15.4 Å². The minimum Gasteiger partial charge on any atom is -0.476 e. The van der Waals surface area contributed by atoms with Gasteiger partial charge >= 0.3 is 0 Å². The number of nitrogens with two attached hydrogens (primary N) is 1. The highest BCUT2D eigenvalue weighted by Crippen LogP contribution is 2.38. The molecule has 2 saturated heterocycles. The summed E-state index contributed by atoms with van der Waals surface area (Å²) in [5.41, 5.74) is 5.67. The number of halogens is 2. The fraction of sp³-hybridized carbons (Fsp3) is 0.588. The van der Waals surface area contributed by atoms with E-state index in [2.05, 4.69) is 4.98 Å². The molecule has 3 heterocycles. The molecular formula is C17H20F2N4O4S. The lowest BCUT2D eigenvalue weighted by Crippen LogP contribution is -2.56. The van der Waals surface area contributed by atoms with Gasteiger partial charge in [0.05, 0.1) is 30.5 Å². The maximum absolute atomic E-state index is 13.3. The van der Waals surface area contributed by atoms with Crippen LogP contribution in [0.4, 0.5) is 14.5 Å². The van der Waals surface area contributed by atoms with Gasteiger partial charge in [0.2, 0.25) is 5.88 Å². The van der Waals surface area contributed by atoms with Crippen molar-refractivity contribution < 1.29 is 27.3 Å². The minimum absolute atomic E-state index is 0.00743. The van der Waals surface area contributed by atoms with Gasteiger partial charge in [-0.05, 0) is 30.9 Å². The van der Waals surface area contributed by atoms with E-state index in [4.69, 9.17) is 10.5 Å².